The molecule has 1 aliphatic heterocycles. The van der Waals surface area contributed by atoms with Crippen LogP contribution in [0.3, 0.4) is 0 Å². The van der Waals surface area contributed by atoms with Crippen molar-refractivity contribution in [3.8, 4) is 0 Å². The molecule has 1 unspecified atom stereocenters. The van der Waals surface area contributed by atoms with Crippen molar-refractivity contribution in [2.45, 2.75) is 24.3 Å². The molecule has 1 aromatic rings. The highest BCUT2D eigenvalue weighted by atomic mass is 32.2. The molecule has 0 saturated heterocycles. The fourth-order valence-corrected chi connectivity index (χ4v) is 3.46. The summed E-state index contributed by atoms with van der Waals surface area (Å²) in [5.74, 6) is 0.444. The zero-order valence-electron chi connectivity index (χ0n) is 10.7. The third kappa shape index (κ3) is 2.62. The van der Waals surface area contributed by atoms with Gasteiger partial charge in [-0.15, -0.1) is 4.40 Å². The van der Waals surface area contributed by atoms with Gasteiger partial charge in [0, 0.05) is 25.1 Å². The first-order valence-electron chi connectivity index (χ1n) is 5.78. The molecule has 0 fully saturated rings. The van der Waals surface area contributed by atoms with Crippen molar-refractivity contribution in [3.63, 3.8) is 0 Å². The van der Waals surface area contributed by atoms with Crippen LogP contribution < -0.4 is 5.73 Å². The van der Waals surface area contributed by atoms with Crippen molar-refractivity contribution in [2.24, 2.45) is 10.1 Å². The van der Waals surface area contributed by atoms with E-state index in [1.54, 1.807) is 36.2 Å². The van der Waals surface area contributed by atoms with E-state index in [2.05, 4.69) is 4.40 Å². The monoisotopic (exact) mass is 297 g/mol. The lowest BCUT2D eigenvalue weighted by molar-refractivity contribution is 0.402. The van der Waals surface area contributed by atoms with Gasteiger partial charge in [0.2, 0.25) is 0 Å². The van der Waals surface area contributed by atoms with Crippen LogP contribution in [0.5, 0.6) is 0 Å². The summed E-state index contributed by atoms with van der Waals surface area (Å²) in [6.07, 6.45) is 0.507. The summed E-state index contributed by atoms with van der Waals surface area (Å²) in [5.41, 5.74) is 6.15. The van der Waals surface area contributed by atoms with Crippen molar-refractivity contribution >= 4 is 33.1 Å². The molecule has 0 aromatic heterocycles. The molecule has 2 N–H and O–H groups in total. The highest BCUT2D eigenvalue weighted by molar-refractivity contribution is 7.90. The van der Waals surface area contributed by atoms with Crippen molar-refractivity contribution in [3.05, 3.63) is 29.8 Å². The van der Waals surface area contributed by atoms with Gasteiger partial charge < -0.3 is 10.6 Å². The fraction of sp³-hybridized carbons (Fsp3) is 0.333. The number of nitrogens with two attached hydrogens (primary N) is 1. The highest BCUT2D eigenvalue weighted by Crippen LogP contribution is 2.27. The molecule has 2 rings (SSSR count). The number of hydrogen-bond acceptors (Lipinski definition) is 4. The number of thiocarbonyl (C=S) groups is 1. The van der Waals surface area contributed by atoms with Gasteiger partial charge in [0.25, 0.3) is 10.0 Å². The fourth-order valence-electron chi connectivity index (χ4n) is 1.98. The van der Waals surface area contributed by atoms with E-state index in [1.807, 2.05) is 6.92 Å². The standard InChI is InChI=1S/C12H15N3O2S2/c1-8(7-11(13)18)15(2)12-9-5-3-4-6-10(9)19(16,17)14-12/h3-6,8H,7H2,1-2H3,(H2,13,18). The van der Waals surface area contributed by atoms with Crippen molar-refractivity contribution in [1.29, 1.82) is 0 Å². The Balaban J connectivity index is 2.40. The van der Waals surface area contributed by atoms with Crippen LogP contribution in [0.15, 0.2) is 33.6 Å². The SMILES string of the molecule is CC(CC(N)=S)N(C)C1=NS(=O)(=O)c2ccccc21. The average Bonchev–Trinajstić information content (AvgIpc) is 2.60. The highest BCUT2D eigenvalue weighted by Gasteiger charge is 2.31. The predicted molar refractivity (Wildman–Crippen MR) is 78.8 cm³/mol. The molecule has 102 valence electrons. The minimum Gasteiger partial charge on any atom is -0.393 e. The van der Waals surface area contributed by atoms with E-state index >= 15 is 0 Å². The van der Waals surface area contributed by atoms with Crippen molar-refractivity contribution in [2.75, 3.05) is 7.05 Å². The Morgan fingerprint density at radius 2 is 2.11 bits per heavy atom. The van der Waals surface area contributed by atoms with E-state index in [9.17, 15) is 8.42 Å². The van der Waals surface area contributed by atoms with Gasteiger partial charge in [0.05, 0.1) is 4.99 Å². The maximum absolute atomic E-state index is 11.9. The van der Waals surface area contributed by atoms with E-state index < -0.39 is 10.0 Å². The van der Waals surface area contributed by atoms with E-state index in [0.717, 1.165) is 0 Å². The van der Waals surface area contributed by atoms with E-state index in [1.165, 1.54) is 0 Å². The molecular formula is C12H15N3O2S2. The first-order valence-corrected chi connectivity index (χ1v) is 7.63. The van der Waals surface area contributed by atoms with Gasteiger partial charge in [0.1, 0.15) is 4.90 Å². The Hall–Kier alpha value is -1.47. The number of hydrogen-bond donors (Lipinski definition) is 1. The molecule has 1 aromatic carbocycles. The third-order valence-corrected chi connectivity index (χ3v) is 4.60. The number of amidine groups is 1. The zero-order valence-corrected chi connectivity index (χ0v) is 12.3. The summed E-state index contributed by atoms with van der Waals surface area (Å²) in [6, 6.07) is 6.78. The molecule has 0 spiro atoms. The maximum atomic E-state index is 11.9. The zero-order chi connectivity index (χ0) is 14.2. The van der Waals surface area contributed by atoms with Crippen LogP contribution in [-0.2, 0) is 10.0 Å². The number of rotatable bonds is 3. The van der Waals surface area contributed by atoms with Gasteiger partial charge in [-0.3, -0.25) is 0 Å². The van der Waals surface area contributed by atoms with E-state index in [-0.39, 0.29) is 10.9 Å². The lowest BCUT2D eigenvalue weighted by Gasteiger charge is -2.26. The molecule has 1 atom stereocenters. The molecule has 19 heavy (non-hydrogen) atoms. The Morgan fingerprint density at radius 1 is 1.47 bits per heavy atom. The second-order valence-electron chi connectivity index (χ2n) is 4.52. The lowest BCUT2D eigenvalue weighted by Crippen LogP contribution is -2.37. The Kier molecular flexibility index (Phi) is 3.60. The average molecular weight is 297 g/mol. The summed E-state index contributed by atoms with van der Waals surface area (Å²) in [7, 11) is -1.79. The lowest BCUT2D eigenvalue weighted by atomic mass is 10.1. The van der Waals surface area contributed by atoms with Crippen LogP contribution in [0.4, 0.5) is 0 Å². The summed E-state index contributed by atoms with van der Waals surface area (Å²) in [4.78, 5) is 2.44. The van der Waals surface area contributed by atoms with E-state index in [0.29, 0.717) is 22.8 Å². The van der Waals surface area contributed by atoms with Gasteiger partial charge >= 0.3 is 0 Å². The summed E-state index contributed by atoms with van der Waals surface area (Å²) >= 11 is 4.88. The van der Waals surface area contributed by atoms with Gasteiger partial charge in [-0.1, -0.05) is 24.4 Å². The minimum absolute atomic E-state index is 0.0161. The number of sulfonamides is 1. The Labute approximate surface area is 118 Å². The van der Waals surface area contributed by atoms with Crippen LogP contribution in [0, 0.1) is 0 Å². The predicted octanol–water partition coefficient (Wildman–Crippen LogP) is 1.13. The summed E-state index contributed by atoms with van der Waals surface area (Å²) in [5, 5.41) is 0. The molecule has 1 heterocycles. The summed E-state index contributed by atoms with van der Waals surface area (Å²) in [6.45, 7) is 1.93. The first-order chi connectivity index (χ1) is 8.83. The molecule has 0 aliphatic carbocycles. The topological polar surface area (TPSA) is 75.8 Å². The van der Waals surface area contributed by atoms with Crippen LogP contribution in [0.2, 0.25) is 0 Å². The normalized spacial score (nSPS) is 17.5. The minimum atomic E-state index is -3.58. The molecule has 1 aliphatic rings. The van der Waals surface area contributed by atoms with Crippen LogP contribution >= 0.6 is 12.2 Å². The molecule has 7 heteroatoms. The number of nitrogens with zero attached hydrogens (tertiary/aromatic N) is 2. The largest absolute Gasteiger partial charge is 0.393 e. The van der Waals surface area contributed by atoms with Gasteiger partial charge in [-0.05, 0) is 19.1 Å². The van der Waals surface area contributed by atoms with E-state index in [4.69, 9.17) is 18.0 Å². The summed E-state index contributed by atoms with van der Waals surface area (Å²) < 4.78 is 27.7. The molecule has 0 bridgehead atoms. The number of benzene rings is 1. The van der Waals surface area contributed by atoms with Gasteiger partial charge in [-0.2, -0.15) is 8.42 Å². The van der Waals surface area contributed by atoms with Gasteiger partial charge in [0.15, 0.2) is 5.84 Å². The van der Waals surface area contributed by atoms with Gasteiger partial charge in [-0.25, -0.2) is 0 Å². The Morgan fingerprint density at radius 3 is 2.74 bits per heavy atom. The Bertz CT molecular complexity index is 653. The molecule has 0 saturated carbocycles. The van der Waals surface area contributed by atoms with Crippen molar-refractivity contribution in [1.82, 2.24) is 4.90 Å². The third-order valence-electron chi connectivity index (χ3n) is 3.10. The molecule has 5 nitrogen and oxygen atoms in total. The second kappa shape index (κ2) is 4.90. The molecule has 0 amide bonds. The van der Waals surface area contributed by atoms with Crippen LogP contribution in [0.1, 0.15) is 18.9 Å². The first kappa shape index (κ1) is 14.0. The molecular weight excluding hydrogens is 282 g/mol. The maximum Gasteiger partial charge on any atom is 0.285 e. The smallest absolute Gasteiger partial charge is 0.285 e. The second-order valence-corrected chi connectivity index (χ2v) is 6.61. The van der Waals surface area contributed by atoms with Crippen LogP contribution in [0.25, 0.3) is 0 Å². The van der Waals surface area contributed by atoms with Crippen LogP contribution in [-0.4, -0.2) is 37.2 Å². The van der Waals surface area contributed by atoms with Crippen molar-refractivity contribution < 1.29 is 8.42 Å². The quantitative estimate of drug-likeness (QED) is 0.847. The molecule has 0 radical (unpaired) electrons. The number of fused-ring (bicyclic) bond motifs is 1.